The van der Waals surface area contributed by atoms with Crippen LogP contribution in [0.5, 0.6) is 5.75 Å². The van der Waals surface area contributed by atoms with Crippen LogP contribution in [0.3, 0.4) is 0 Å². The normalized spacial score (nSPS) is 12.5. The molecule has 0 radical (unpaired) electrons. The zero-order valence-corrected chi connectivity index (χ0v) is 23.3. The van der Waals surface area contributed by atoms with Gasteiger partial charge in [-0.25, -0.2) is 13.5 Å². The van der Waals surface area contributed by atoms with Crippen molar-refractivity contribution in [2.45, 2.75) is 64.2 Å². The maximum absolute atomic E-state index is 14.6. The minimum atomic E-state index is -1.23. The zero-order valence-electron chi connectivity index (χ0n) is 23.3. The van der Waals surface area contributed by atoms with Crippen LogP contribution < -0.4 is 4.74 Å². The molecule has 1 heterocycles. The van der Waals surface area contributed by atoms with E-state index in [1.165, 1.54) is 60.1 Å². The Hall–Kier alpha value is -2.90. The SMILES string of the molecule is COc1ccc(CN(C)C(=O)c2nn(-c3ccc(F)cc3)c(CCC(O)CC(O)CC(=O)O)c2C(C)C)c(F)c1F.[NaH]. The van der Waals surface area contributed by atoms with Crippen molar-refractivity contribution in [1.82, 2.24) is 14.7 Å². The topological polar surface area (TPSA) is 125 Å². The Morgan fingerprint density at radius 2 is 1.67 bits per heavy atom. The molecule has 0 bridgehead atoms. The molecule has 0 fully saturated rings. The number of aromatic nitrogens is 2. The van der Waals surface area contributed by atoms with Crippen molar-refractivity contribution in [3.8, 4) is 11.4 Å². The molecule has 13 heteroatoms. The average molecular weight is 602 g/mol. The van der Waals surface area contributed by atoms with E-state index >= 15 is 0 Å². The fourth-order valence-corrected chi connectivity index (χ4v) is 4.65. The first kappa shape index (κ1) is 35.3. The number of benzene rings is 2. The van der Waals surface area contributed by atoms with Gasteiger partial charge in [0.05, 0.1) is 31.4 Å². The van der Waals surface area contributed by atoms with E-state index in [2.05, 4.69) is 5.10 Å². The molecular formula is C29H35F3N3NaO6. The Labute approximate surface area is 264 Å². The van der Waals surface area contributed by atoms with Gasteiger partial charge in [-0.3, -0.25) is 9.59 Å². The molecular weight excluding hydrogens is 566 g/mol. The molecule has 2 aromatic carbocycles. The van der Waals surface area contributed by atoms with E-state index in [1.807, 2.05) is 13.8 Å². The summed E-state index contributed by atoms with van der Waals surface area (Å²) in [7, 11) is 2.64. The van der Waals surface area contributed by atoms with Gasteiger partial charge in [0, 0.05) is 30.4 Å². The number of amides is 1. The van der Waals surface area contributed by atoms with Gasteiger partial charge in [-0.2, -0.15) is 9.49 Å². The van der Waals surface area contributed by atoms with E-state index in [0.717, 1.165) is 0 Å². The van der Waals surface area contributed by atoms with Crippen LogP contribution in [-0.4, -0.2) is 97.8 Å². The zero-order chi connectivity index (χ0) is 30.4. The van der Waals surface area contributed by atoms with Crippen molar-refractivity contribution < 1.29 is 42.8 Å². The van der Waals surface area contributed by atoms with Gasteiger partial charge in [-0.05, 0) is 55.5 Å². The fourth-order valence-electron chi connectivity index (χ4n) is 4.65. The van der Waals surface area contributed by atoms with Crippen LogP contribution in [0.2, 0.25) is 0 Å². The molecule has 3 N–H and O–H groups in total. The number of carboxylic acids is 1. The fraction of sp³-hybridized carbons (Fsp3) is 0.414. The molecule has 0 saturated carbocycles. The second kappa shape index (κ2) is 15.5. The number of carbonyl (C=O) groups excluding carboxylic acids is 1. The summed E-state index contributed by atoms with van der Waals surface area (Å²) in [6, 6.07) is 8.04. The predicted molar refractivity (Wildman–Crippen MR) is 151 cm³/mol. The first-order chi connectivity index (χ1) is 19.3. The summed E-state index contributed by atoms with van der Waals surface area (Å²) < 4.78 is 48.8. The molecule has 0 saturated heterocycles. The molecule has 9 nitrogen and oxygen atoms in total. The van der Waals surface area contributed by atoms with Gasteiger partial charge in [0.25, 0.3) is 5.91 Å². The van der Waals surface area contributed by atoms with E-state index in [1.54, 1.807) is 0 Å². The molecule has 1 aromatic heterocycles. The maximum atomic E-state index is 14.6. The molecule has 2 atom stereocenters. The van der Waals surface area contributed by atoms with E-state index in [9.17, 15) is 33.0 Å². The van der Waals surface area contributed by atoms with Crippen LogP contribution in [0.1, 0.15) is 66.3 Å². The third-order valence-corrected chi connectivity index (χ3v) is 6.64. The Morgan fingerprint density at radius 3 is 2.24 bits per heavy atom. The van der Waals surface area contributed by atoms with Crippen LogP contribution in [0.15, 0.2) is 36.4 Å². The molecule has 224 valence electrons. The van der Waals surface area contributed by atoms with Gasteiger partial charge < -0.3 is 25.0 Å². The van der Waals surface area contributed by atoms with Crippen LogP contribution in [0.25, 0.3) is 5.69 Å². The number of hydrogen-bond acceptors (Lipinski definition) is 6. The van der Waals surface area contributed by atoms with Crippen molar-refractivity contribution in [3.63, 3.8) is 0 Å². The second-order valence-corrected chi connectivity index (χ2v) is 10.1. The van der Waals surface area contributed by atoms with Crippen molar-refractivity contribution in [3.05, 3.63) is 76.4 Å². The first-order valence-electron chi connectivity index (χ1n) is 13.1. The number of halogens is 3. The summed E-state index contributed by atoms with van der Waals surface area (Å²) in [4.78, 5) is 25.7. The number of rotatable bonds is 13. The molecule has 2 unspecified atom stereocenters. The van der Waals surface area contributed by atoms with Crippen molar-refractivity contribution >= 4 is 41.4 Å². The summed E-state index contributed by atoms with van der Waals surface area (Å²) >= 11 is 0. The number of carboxylic acid groups (broad SMARTS) is 1. The predicted octanol–water partition coefficient (Wildman–Crippen LogP) is 3.56. The van der Waals surface area contributed by atoms with Gasteiger partial charge in [-0.1, -0.05) is 19.9 Å². The summed E-state index contributed by atoms with van der Waals surface area (Å²) in [6.45, 7) is 3.43. The third kappa shape index (κ3) is 8.57. The number of nitrogens with zero attached hydrogens (tertiary/aromatic N) is 3. The minimum absolute atomic E-state index is 0. The second-order valence-electron chi connectivity index (χ2n) is 10.1. The van der Waals surface area contributed by atoms with Crippen LogP contribution in [0, 0.1) is 17.5 Å². The number of carbonyl (C=O) groups is 2. The molecule has 3 rings (SSSR count). The first-order valence-corrected chi connectivity index (χ1v) is 13.1. The van der Waals surface area contributed by atoms with E-state index < -0.39 is 48.0 Å². The Balaban J connectivity index is 0.00000616. The Kier molecular flexibility index (Phi) is 13.1. The van der Waals surface area contributed by atoms with Crippen LogP contribution in [-0.2, 0) is 17.8 Å². The number of methoxy groups -OCH3 is 1. The van der Waals surface area contributed by atoms with Gasteiger partial charge in [-0.15, -0.1) is 0 Å². The monoisotopic (exact) mass is 601 g/mol. The summed E-state index contributed by atoms with van der Waals surface area (Å²) in [5, 5.41) is 33.8. The van der Waals surface area contributed by atoms with Crippen LogP contribution >= 0.6 is 0 Å². The Morgan fingerprint density at radius 1 is 1.02 bits per heavy atom. The number of ether oxygens (including phenoxy) is 1. The number of aliphatic carboxylic acids is 1. The molecule has 0 spiro atoms. The molecule has 0 aliphatic heterocycles. The number of hydrogen-bond donors (Lipinski definition) is 3. The average Bonchev–Trinajstić information content (AvgIpc) is 3.29. The van der Waals surface area contributed by atoms with E-state index in [0.29, 0.717) is 16.9 Å². The van der Waals surface area contributed by atoms with Gasteiger partial charge in [0.1, 0.15) is 5.82 Å². The summed E-state index contributed by atoms with van der Waals surface area (Å²) in [6.07, 6.45) is -2.64. The van der Waals surface area contributed by atoms with Crippen LogP contribution in [0.4, 0.5) is 13.2 Å². The number of aliphatic hydroxyl groups excluding tert-OH is 2. The van der Waals surface area contributed by atoms with Gasteiger partial charge >= 0.3 is 35.5 Å². The summed E-state index contributed by atoms with van der Waals surface area (Å²) in [5.74, 6) is -5.03. The molecule has 3 aromatic rings. The third-order valence-electron chi connectivity index (χ3n) is 6.64. The summed E-state index contributed by atoms with van der Waals surface area (Å²) in [5.41, 5.74) is 1.54. The van der Waals surface area contributed by atoms with Crippen molar-refractivity contribution in [2.75, 3.05) is 14.2 Å². The molecule has 42 heavy (non-hydrogen) atoms. The van der Waals surface area contributed by atoms with Crippen molar-refractivity contribution in [2.24, 2.45) is 0 Å². The molecule has 1 amide bonds. The quantitative estimate of drug-likeness (QED) is 0.256. The van der Waals surface area contributed by atoms with E-state index in [-0.39, 0.29) is 78.3 Å². The number of aliphatic hydroxyl groups is 2. The standard InChI is InChI=1S/C29H34F3N3O6.Na.H/c1-16(2)25-22(11-10-20(36)13-21(37)14-24(38)39)35(19-8-6-18(30)7-9-19)33-28(25)29(40)34(3)15-17-5-12-23(41-4)27(32)26(17)31;;/h5-9,12,16,20-21,36-37H,10-11,13-15H2,1-4H3,(H,38,39);;. The van der Waals surface area contributed by atoms with Crippen molar-refractivity contribution in [1.29, 1.82) is 0 Å². The van der Waals surface area contributed by atoms with Gasteiger partial charge in [0.2, 0.25) is 5.82 Å². The molecule has 0 aliphatic rings. The van der Waals surface area contributed by atoms with Gasteiger partial charge in [0.15, 0.2) is 17.3 Å². The Bertz CT molecular complexity index is 1380. The molecule has 0 aliphatic carbocycles. The van der Waals surface area contributed by atoms with E-state index in [4.69, 9.17) is 9.84 Å².